The molecule has 2 rings (SSSR count). The highest BCUT2D eigenvalue weighted by molar-refractivity contribution is 6.33. The SMILES string of the molecule is CCCNC(=O)c1cc2cc(C)cc(C)c2nc1Cl. The number of hydrogen-bond acceptors (Lipinski definition) is 2. The highest BCUT2D eigenvalue weighted by Crippen LogP contribution is 2.24. The number of nitrogens with one attached hydrogen (secondary N) is 1. The Morgan fingerprint density at radius 3 is 2.74 bits per heavy atom. The minimum absolute atomic E-state index is 0.166. The first-order valence-electron chi connectivity index (χ1n) is 6.38. The maximum absolute atomic E-state index is 12.0. The number of aryl methyl sites for hydroxylation is 2. The molecule has 0 saturated heterocycles. The van der Waals surface area contributed by atoms with Crippen molar-refractivity contribution in [1.29, 1.82) is 0 Å². The lowest BCUT2D eigenvalue weighted by Gasteiger charge is -2.09. The average Bonchev–Trinajstić information content (AvgIpc) is 2.36. The van der Waals surface area contributed by atoms with Crippen molar-refractivity contribution in [3.05, 3.63) is 40.0 Å². The van der Waals surface area contributed by atoms with Crippen molar-refractivity contribution < 1.29 is 4.79 Å². The molecule has 0 aliphatic rings. The molecule has 100 valence electrons. The number of carbonyl (C=O) groups is 1. The van der Waals surface area contributed by atoms with E-state index < -0.39 is 0 Å². The maximum Gasteiger partial charge on any atom is 0.254 e. The second-order valence-corrected chi connectivity index (χ2v) is 5.09. The second kappa shape index (κ2) is 5.57. The summed E-state index contributed by atoms with van der Waals surface area (Å²) in [5.41, 5.74) is 3.50. The molecule has 1 amide bonds. The number of aromatic nitrogens is 1. The topological polar surface area (TPSA) is 42.0 Å². The number of benzene rings is 1. The minimum Gasteiger partial charge on any atom is -0.352 e. The van der Waals surface area contributed by atoms with E-state index in [1.807, 2.05) is 32.9 Å². The maximum atomic E-state index is 12.0. The smallest absolute Gasteiger partial charge is 0.254 e. The van der Waals surface area contributed by atoms with Gasteiger partial charge in [0.15, 0.2) is 0 Å². The molecule has 1 aromatic carbocycles. The molecule has 0 fully saturated rings. The van der Waals surface area contributed by atoms with Gasteiger partial charge in [-0.25, -0.2) is 4.98 Å². The van der Waals surface area contributed by atoms with Gasteiger partial charge in [0.2, 0.25) is 0 Å². The minimum atomic E-state index is -0.166. The van der Waals surface area contributed by atoms with Crippen molar-refractivity contribution in [3.63, 3.8) is 0 Å². The molecule has 0 bridgehead atoms. The lowest BCUT2D eigenvalue weighted by molar-refractivity contribution is 0.0953. The fraction of sp³-hybridized carbons (Fsp3) is 0.333. The molecule has 1 heterocycles. The number of hydrogen-bond donors (Lipinski definition) is 1. The van der Waals surface area contributed by atoms with Gasteiger partial charge in [0, 0.05) is 11.9 Å². The lowest BCUT2D eigenvalue weighted by atomic mass is 10.1. The molecule has 19 heavy (non-hydrogen) atoms. The zero-order valence-electron chi connectivity index (χ0n) is 11.4. The van der Waals surface area contributed by atoms with Crippen molar-refractivity contribution >= 4 is 28.4 Å². The third-order valence-corrected chi connectivity index (χ3v) is 3.27. The van der Waals surface area contributed by atoms with E-state index in [-0.39, 0.29) is 11.1 Å². The number of halogens is 1. The Bertz CT molecular complexity index is 638. The van der Waals surface area contributed by atoms with Crippen molar-refractivity contribution in [2.24, 2.45) is 0 Å². The summed E-state index contributed by atoms with van der Waals surface area (Å²) in [5, 5.41) is 4.03. The lowest BCUT2D eigenvalue weighted by Crippen LogP contribution is -2.24. The van der Waals surface area contributed by atoms with Crippen LogP contribution in [0.5, 0.6) is 0 Å². The van der Waals surface area contributed by atoms with E-state index in [0.29, 0.717) is 12.1 Å². The average molecular weight is 277 g/mol. The molecule has 4 heteroatoms. The van der Waals surface area contributed by atoms with Gasteiger partial charge in [-0.1, -0.05) is 30.2 Å². The number of rotatable bonds is 3. The van der Waals surface area contributed by atoms with Crippen LogP contribution in [0.4, 0.5) is 0 Å². The number of nitrogens with zero attached hydrogens (tertiary/aromatic N) is 1. The first kappa shape index (κ1) is 13.8. The van der Waals surface area contributed by atoms with E-state index in [2.05, 4.69) is 16.4 Å². The van der Waals surface area contributed by atoms with Crippen LogP contribution < -0.4 is 5.32 Å². The number of amides is 1. The Labute approximate surface area is 118 Å². The van der Waals surface area contributed by atoms with E-state index in [1.54, 1.807) is 0 Å². The molecule has 0 radical (unpaired) electrons. The highest BCUT2D eigenvalue weighted by Gasteiger charge is 2.13. The predicted octanol–water partition coefficient (Wildman–Crippen LogP) is 3.64. The van der Waals surface area contributed by atoms with Crippen LogP contribution in [0.1, 0.15) is 34.8 Å². The molecule has 2 aromatic rings. The molecule has 0 aliphatic carbocycles. The summed E-state index contributed by atoms with van der Waals surface area (Å²) in [7, 11) is 0. The van der Waals surface area contributed by atoms with Gasteiger partial charge in [-0.2, -0.15) is 0 Å². The van der Waals surface area contributed by atoms with E-state index in [1.165, 1.54) is 0 Å². The molecular formula is C15H17ClN2O. The molecule has 1 N–H and O–H groups in total. The van der Waals surface area contributed by atoms with Crippen molar-refractivity contribution in [3.8, 4) is 0 Å². The van der Waals surface area contributed by atoms with Gasteiger partial charge in [-0.15, -0.1) is 0 Å². The Hall–Kier alpha value is -1.61. The van der Waals surface area contributed by atoms with Crippen LogP contribution in [0, 0.1) is 13.8 Å². The first-order valence-corrected chi connectivity index (χ1v) is 6.76. The predicted molar refractivity (Wildman–Crippen MR) is 78.9 cm³/mol. The largest absolute Gasteiger partial charge is 0.352 e. The zero-order valence-corrected chi connectivity index (χ0v) is 12.1. The van der Waals surface area contributed by atoms with Crippen LogP contribution in [-0.2, 0) is 0 Å². The summed E-state index contributed by atoms with van der Waals surface area (Å²) >= 11 is 6.12. The van der Waals surface area contributed by atoms with Gasteiger partial charge in [-0.3, -0.25) is 4.79 Å². The van der Waals surface area contributed by atoms with Crippen LogP contribution in [0.25, 0.3) is 10.9 Å². The van der Waals surface area contributed by atoms with Crippen LogP contribution in [0.2, 0.25) is 5.15 Å². The molecular weight excluding hydrogens is 260 g/mol. The van der Waals surface area contributed by atoms with Gasteiger partial charge < -0.3 is 5.32 Å². The zero-order chi connectivity index (χ0) is 14.0. The second-order valence-electron chi connectivity index (χ2n) is 4.74. The molecule has 3 nitrogen and oxygen atoms in total. The third-order valence-electron chi connectivity index (χ3n) is 2.99. The van der Waals surface area contributed by atoms with Crippen LogP contribution in [-0.4, -0.2) is 17.4 Å². The quantitative estimate of drug-likeness (QED) is 0.870. The number of pyridine rings is 1. The molecule has 0 saturated carbocycles. The Morgan fingerprint density at radius 1 is 1.32 bits per heavy atom. The molecule has 0 aliphatic heterocycles. The van der Waals surface area contributed by atoms with Gasteiger partial charge >= 0.3 is 0 Å². The van der Waals surface area contributed by atoms with Crippen LogP contribution in [0.15, 0.2) is 18.2 Å². The van der Waals surface area contributed by atoms with Crippen molar-refractivity contribution in [1.82, 2.24) is 10.3 Å². The summed E-state index contributed by atoms with van der Waals surface area (Å²) in [6.07, 6.45) is 0.891. The van der Waals surface area contributed by atoms with Gasteiger partial charge in [-0.05, 0) is 38.0 Å². The highest BCUT2D eigenvalue weighted by atomic mass is 35.5. The van der Waals surface area contributed by atoms with Crippen molar-refractivity contribution in [2.45, 2.75) is 27.2 Å². The van der Waals surface area contributed by atoms with Gasteiger partial charge in [0.05, 0.1) is 11.1 Å². The third kappa shape index (κ3) is 2.87. The molecule has 1 aromatic heterocycles. The van der Waals surface area contributed by atoms with E-state index in [9.17, 15) is 4.79 Å². The van der Waals surface area contributed by atoms with Gasteiger partial charge in [0.1, 0.15) is 5.15 Å². The van der Waals surface area contributed by atoms with E-state index in [0.717, 1.165) is 28.5 Å². The number of fused-ring (bicyclic) bond motifs is 1. The summed E-state index contributed by atoms with van der Waals surface area (Å²) in [5.74, 6) is -0.166. The van der Waals surface area contributed by atoms with E-state index >= 15 is 0 Å². The van der Waals surface area contributed by atoms with E-state index in [4.69, 9.17) is 11.6 Å². The molecule has 0 atom stereocenters. The molecule has 0 spiro atoms. The summed E-state index contributed by atoms with van der Waals surface area (Å²) in [4.78, 5) is 16.4. The van der Waals surface area contributed by atoms with Crippen molar-refractivity contribution in [2.75, 3.05) is 6.54 Å². The van der Waals surface area contributed by atoms with Gasteiger partial charge in [0.25, 0.3) is 5.91 Å². The normalized spacial score (nSPS) is 10.7. The fourth-order valence-electron chi connectivity index (χ4n) is 2.12. The fourth-order valence-corrected chi connectivity index (χ4v) is 2.35. The monoisotopic (exact) mass is 276 g/mol. The first-order chi connectivity index (χ1) is 9.02. The summed E-state index contributed by atoms with van der Waals surface area (Å²) in [6.45, 7) is 6.67. The Morgan fingerprint density at radius 2 is 2.05 bits per heavy atom. The Kier molecular flexibility index (Phi) is 4.05. The Balaban J connectivity index is 2.52. The van der Waals surface area contributed by atoms with Crippen LogP contribution >= 0.6 is 11.6 Å². The molecule has 0 unspecified atom stereocenters. The number of carbonyl (C=O) groups excluding carboxylic acids is 1. The van der Waals surface area contributed by atoms with Crippen LogP contribution in [0.3, 0.4) is 0 Å². The summed E-state index contributed by atoms with van der Waals surface area (Å²) in [6, 6.07) is 5.89. The summed E-state index contributed by atoms with van der Waals surface area (Å²) < 4.78 is 0. The standard InChI is InChI=1S/C15H17ClN2O/c1-4-5-17-15(19)12-8-11-7-9(2)6-10(3)13(11)18-14(12)16/h6-8H,4-5H2,1-3H3,(H,17,19).